The van der Waals surface area contributed by atoms with Crippen LogP contribution in [0.15, 0.2) is 39.5 Å². The Labute approximate surface area is 154 Å². The van der Waals surface area contributed by atoms with Crippen molar-refractivity contribution in [2.45, 2.75) is 4.34 Å². The van der Waals surface area contributed by atoms with Gasteiger partial charge in [-0.1, -0.05) is 41.0 Å². The highest BCUT2D eigenvalue weighted by molar-refractivity contribution is 8.01. The first-order chi connectivity index (χ1) is 11.1. The fourth-order valence-electron chi connectivity index (χ4n) is 1.68. The lowest BCUT2D eigenvalue weighted by Crippen LogP contribution is -2.13. The largest absolute Gasteiger partial charge is 0.301 e. The van der Waals surface area contributed by atoms with Crippen LogP contribution >= 0.6 is 57.6 Å². The number of hydrogen-bond acceptors (Lipinski definition) is 6. The molecular weight excluding hydrogens is 393 g/mol. The molecular formula is C14H9Cl2N3OS3. The first kappa shape index (κ1) is 16.7. The number of hydrogen-bond donors (Lipinski definition) is 1. The summed E-state index contributed by atoms with van der Waals surface area (Å²) in [6, 6.07) is 5.32. The van der Waals surface area contributed by atoms with Crippen molar-refractivity contribution >= 4 is 68.7 Å². The molecule has 23 heavy (non-hydrogen) atoms. The topological polar surface area (TPSA) is 54.9 Å². The number of aromatic nitrogens is 2. The number of anilines is 1. The molecule has 0 aliphatic carbocycles. The molecule has 9 heteroatoms. The molecule has 0 spiro atoms. The van der Waals surface area contributed by atoms with E-state index in [1.54, 1.807) is 18.3 Å². The summed E-state index contributed by atoms with van der Waals surface area (Å²) in [7, 11) is 0. The Balaban J connectivity index is 1.62. The van der Waals surface area contributed by atoms with Gasteiger partial charge in [-0.05, 0) is 12.1 Å². The van der Waals surface area contributed by atoms with Crippen LogP contribution in [0.4, 0.5) is 5.13 Å². The molecule has 4 nitrogen and oxygen atoms in total. The Kier molecular flexibility index (Phi) is 5.55. The lowest BCUT2D eigenvalue weighted by molar-refractivity contribution is -0.113. The predicted molar refractivity (Wildman–Crippen MR) is 99.0 cm³/mol. The zero-order valence-electron chi connectivity index (χ0n) is 11.5. The number of benzene rings is 1. The quantitative estimate of drug-likeness (QED) is 0.588. The lowest BCUT2D eigenvalue weighted by Gasteiger charge is -2.01. The maximum Gasteiger partial charge on any atom is 0.236 e. The van der Waals surface area contributed by atoms with E-state index in [2.05, 4.69) is 15.3 Å². The number of nitrogens with zero attached hydrogens (tertiary/aromatic N) is 2. The van der Waals surface area contributed by atoms with Gasteiger partial charge in [0.1, 0.15) is 4.34 Å². The summed E-state index contributed by atoms with van der Waals surface area (Å²) >= 11 is 16.2. The summed E-state index contributed by atoms with van der Waals surface area (Å²) in [4.78, 5) is 20.4. The van der Waals surface area contributed by atoms with Gasteiger partial charge in [0.25, 0.3) is 0 Å². The summed E-state index contributed by atoms with van der Waals surface area (Å²) in [5.41, 5.74) is 1.60. The fourth-order valence-corrected chi connectivity index (χ4v) is 4.16. The van der Waals surface area contributed by atoms with Crippen molar-refractivity contribution in [2.75, 3.05) is 11.1 Å². The lowest BCUT2D eigenvalue weighted by atomic mass is 10.2. The molecule has 1 amide bonds. The number of thioether (sulfide) groups is 1. The van der Waals surface area contributed by atoms with Crippen molar-refractivity contribution in [3.8, 4) is 11.3 Å². The van der Waals surface area contributed by atoms with E-state index < -0.39 is 0 Å². The fraction of sp³-hybridized carbons (Fsp3) is 0.0714. The SMILES string of the molecule is O=C(CSc1nccs1)Nc1nc(-c2ccc(Cl)c(Cl)c2)cs1. The molecule has 0 radical (unpaired) electrons. The summed E-state index contributed by atoms with van der Waals surface area (Å²) in [5, 5.41) is 8.05. The first-order valence-electron chi connectivity index (χ1n) is 6.35. The van der Waals surface area contributed by atoms with Crippen molar-refractivity contribution in [3.05, 3.63) is 45.2 Å². The monoisotopic (exact) mass is 401 g/mol. The van der Waals surface area contributed by atoms with Crippen molar-refractivity contribution in [1.82, 2.24) is 9.97 Å². The van der Waals surface area contributed by atoms with Gasteiger partial charge in [0.2, 0.25) is 5.91 Å². The molecule has 0 fully saturated rings. The zero-order valence-corrected chi connectivity index (χ0v) is 15.4. The average molecular weight is 402 g/mol. The molecule has 2 heterocycles. The van der Waals surface area contributed by atoms with Crippen molar-refractivity contribution in [1.29, 1.82) is 0 Å². The van der Waals surface area contributed by atoms with E-state index in [1.807, 2.05) is 16.8 Å². The van der Waals surface area contributed by atoms with Gasteiger partial charge in [0, 0.05) is 22.5 Å². The number of halogens is 2. The molecule has 118 valence electrons. The van der Waals surface area contributed by atoms with Crippen LogP contribution < -0.4 is 5.32 Å². The average Bonchev–Trinajstić information content (AvgIpc) is 3.19. The highest BCUT2D eigenvalue weighted by Crippen LogP contribution is 2.30. The number of nitrogens with one attached hydrogen (secondary N) is 1. The normalized spacial score (nSPS) is 10.7. The third-order valence-electron chi connectivity index (χ3n) is 2.70. The Bertz CT molecular complexity index is 821. The molecule has 0 bridgehead atoms. The number of rotatable bonds is 5. The Morgan fingerprint density at radius 3 is 2.87 bits per heavy atom. The minimum absolute atomic E-state index is 0.111. The van der Waals surface area contributed by atoms with Crippen LogP contribution in [0.5, 0.6) is 0 Å². The third-order valence-corrected chi connectivity index (χ3v) is 6.17. The maximum absolute atomic E-state index is 11.9. The van der Waals surface area contributed by atoms with Gasteiger partial charge in [0.05, 0.1) is 21.5 Å². The Hall–Kier alpha value is -1.12. The van der Waals surface area contributed by atoms with Crippen LogP contribution in [0.2, 0.25) is 10.0 Å². The number of carbonyl (C=O) groups is 1. The second-order valence-electron chi connectivity index (χ2n) is 4.30. The number of amides is 1. The molecule has 0 saturated heterocycles. The van der Waals surface area contributed by atoms with Crippen molar-refractivity contribution < 1.29 is 4.79 Å². The van der Waals surface area contributed by atoms with Gasteiger partial charge in [-0.15, -0.1) is 22.7 Å². The Morgan fingerprint density at radius 2 is 2.13 bits per heavy atom. The Morgan fingerprint density at radius 1 is 1.26 bits per heavy atom. The van der Waals surface area contributed by atoms with Gasteiger partial charge in [-0.25, -0.2) is 9.97 Å². The third kappa shape index (κ3) is 4.45. The zero-order chi connectivity index (χ0) is 16.2. The first-order valence-corrected chi connectivity index (χ1v) is 9.85. The van der Waals surface area contributed by atoms with E-state index in [0.717, 1.165) is 15.6 Å². The van der Waals surface area contributed by atoms with Crippen LogP contribution in [0.1, 0.15) is 0 Å². The summed E-state index contributed by atoms with van der Waals surface area (Å²) in [5.74, 6) is 0.190. The number of carbonyl (C=O) groups excluding carboxylic acids is 1. The molecule has 0 saturated carbocycles. The molecule has 1 N–H and O–H groups in total. The highest BCUT2D eigenvalue weighted by atomic mass is 35.5. The van der Waals surface area contributed by atoms with Gasteiger partial charge in [0.15, 0.2) is 5.13 Å². The van der Waals surface area contributed by atoms with Gasteiger partial charge in [-0.3, -0.25) is 4.79 Å². The predicted octanol–water partition coefficient (Wildman–Crippen LogP) is 5.30. The summed E-state index contributed by atoms with van der Waals surface area (Å²) < 4.78 is 0.871. The van der Waals surface area contributed by atoms with Crippen LogP contribution in [-0.4, -0.2) is 21.6 Å². The van der Waals surface area contributed by atoms with E-state index in [0.29, 0.717) is 20.9 Å². The molecule has 3 rings (SSSR count). The van der Waals surface area contributed by atoms with E-state index in [1.165, 1.54) is 34.4 Å². The number of thiazole rings is 2. The van der Waals surface area contributed by atoms with E-state index >= 15 is 0 Å². The molecule has 3 aromatic rings. The molecule has 1 aromatic carbocycles. The van der Waals surface area contributed by atoms with E-state index in [4.69, 9.17) is 23.2 Å². The van der Waals surface area contributed by atoms with Crippen molar-refractivity contribution in [3.63, 3.8) is 0 Å². The standard InChI is InChI=1S/C14H9Cl2N3OS3/c15-9-2-1-8(5-10(9)16)11-6-22-13(18-11)19-12(20)7-23-14-17-3-4-21-14/h1-6H,7H2,(H,18,19,20). The van der Waals surface area contributed by atoms with Gasteiger partial charge < -0.3 is 5.32 Å². The van der Waals surface area contributed by atoms with E-state index in [9.17, 15) is 4.79 Å². The minimum atomic E-state index is -0.111. The maximum atomic E-state index is 11.9. The molecule has 0 atom stereocenters. The molecule has 0 aliphatic rings. The highest BCUT2D eigenvalue weighted by Gasteiger charge is 2.10. The molecule has 0 aliphatic heterocycles. The second-order valence-corrected chi connectivity index (χ2v) is 8.09. The molecule has 0 unspecified atom stereocenters. The van der Waals surface area contributed by atoms with E-state index in [-0.39, 0.29) is 5.91 Å². The van der Waals surface area contributed by atoms with Crippen LogP contribution in [-0.2, 0) is 4.79 Å². The second kappa shape index (κ2) is 7.63. The summed E-state index contributed by atoms with van der Waals surface area (Å²) in [6.45, 7) is 0. The summed E-state index contributed by atoms with van der Waals surface area (Å²) in [6.07, 6.45) is 1.72. The smallest absolute Gasteiger partial charge is 0.236 e. The van der Waals surface area contributed by atoms with Crippen LogP contribution in [0.3, 0.4) is 0 Å². The van der Waals surface area contributed by atoms with Crippen LogP contribution in [0.25, 0.3) is 11.3 Å². The van der Waals surface area contributed by atoms with Crippen LogP contribution in [0, 0.1) is 0 Å². The minimum Gasteiger partial charge on any atom is -0.301 e. The van der Waals surface area contributed by atoms with Crippen molar-refractivity contribution in [2.24, 2.45) is 0 Å². The van der Waals surface area contributed by atoms with Gasteiger partial charge >= 0.3 is 0 Å². The molecule has 2 aromatic heterocycles. The van der Waals surface area contributed by atoms with Gasteiger partial charge in [-0.2, -0.15) is 0 Å².